The highest BCUT2D eigenvalue weighted by Crippen LogP contribution is 2.32. The van der Waals surface area contributed by atoms with Crippen molar-refractivity contribution in [3.8, 4) is 0 Å². The van der Waals surface area contributed by atoms with Gasteiger partial charge in [0.15, 0.2) is 0 Å². The fourth-order valence-corrected chi connectivity index (χ4v) is 3.19. The summed E-state index contributed by atoms with van der Waals surface area (Å²) in [5.41, 5.74) is 0. The molecule has 1 aliphatic rings. The number of amides is 1. The maximum absolute atomic E-state index is 11.9. The smallest absolute Gasteiger partial charge is 0.227 e. The van der Waals surface area contributed by atoms with Crippen LogP contribution in [0.4, 0.5) is 0 Å². The van der Waals surface area contributed by atoms with Crippen LogP contribution in [0.5, 0.6) is 0 Å². The van der Waals surface area contributed by atoms with Gasteiger partial charge < -0.3 is 4.90 Å². The quantitative estimate of drug-likeness (QED) is 0.760. The third kappa shape index (κ3) is 2.98. The third-order valence-electron chi connectivity index (χ3n) is 3.04. The molecule has 16 heavy (non-hydrogen) atoms. The number of hydrogen-bond donors (Lipinski definition) is 0. The SMILES string of the molecule is CN(CC1CC(Cl)C1)C(=O)Cc1cccs1. The van der Waals surface area contributed by atoms with Gasteiger partial charge in [-0.2, -0.15) is 0 Å². The Kier molecular flexibility index (Phi) is 3.87. The molecule has 1 heterocycles. The Hall–Kier alpha value is -0.540. The fourth-order valence-electron chi connectivity index (χ4n) is 1.99. The van der Waals surface area contributed by atoms with Crippen LogP contribution in [0, 0.1) is 5.92 Å². The molecule has 4 heteroatoms. The van der Waals surface area contributed by atoms with Gasteiger partial charge in [-0.1, -0.05) is 6.07 Å². The first kappa shape index (κ1) is 11.9. The van der Waals surface area contributed by atoms with Gasteiger partial charge in [0.05, 0.1) is 6.42 Å². The Bertz CT molecular complexity index is 346. The molecule has 1 aromatic rings. The number of carbonyl (C=O) groups excluding carboxylic acids is 1. The number of carbonyl (C=O) groups is 1. The van der Waals surface area contributed by atoms with Crippen LogP contribution < -0.4 is 0 Å². The molecule has 0 unspecified atom stereocenters. The van der Waals surface area contributed by atoms with Crippen molar-refractivity contribution in [3.63, 3.8) is 0 Å². The normalized spacial score (nSPS) is 23.9. The van der Waals surface area contributed by atoms with Crippen molar-refractivity contribution in [1.29, 1.82) is 0 Å². The molecule has 0 spiro atoms. The molecule has 0 saturated heterocycles. The summed E-state index contributed by atoms with van der Waals surface area (Å²) >= 11 is 7.56. The highest BCUT2D eigenvalue weighted by atomic mass is 35.5. The molecule has 1 aromatic heterocycles. The maximum Gasteiger partial charge on any atom is 0.227 e. The molecular weight excluding hydrogens is 242 g/mol. The summed E-state index contributed by atoms with van der Waals surface area (Å²) in [6.07, 6.45) is 2.64. The van der Waals surface area contributed by atoms with Crippen LogP contribution in [0.25, 0.3) is 0 Å². The number of nitrogens with zero attached hydrogens (tertiary/aromatic N) is 1. The number of alkyl halides is 1. The molecule has 0 aliphatic heterocycles. The van der Waals surface area contributed by atoms with Crippen molar-refractivity contribution in [3.05, 3.63) is 22.4 Å². The average molecular weight is 258 g/mol. The highest BCUT2D eigenvalue weighted by molar-refractivity contribution is 7.10. The van der Waals surface area contributed by atoms with E-state index in [1.165, 1.54) is 0 Å². The first-order valence-electron chi connectivity index (χ1n) is 5.55. The average Bonchev–Trinajstić information content (AvgIpc) is 2.68. The van der Waals surface area contributed by atoms with Gasteiger partial charge in [-0.05, 0) is 30.2 Å². The van der Waals surface area contributed by atoms with Crippen molar-refractivity contribution in [2.75, 3.05) is 13.6 Å². The molecule has 2 nitrogen and oxygen atoms in total. The second-order valence-corrected chi connectivity index (χ2v) is 6.11. The Labute approximate surface area is 105 Å². The minimum Gasteiger partial charge on any atom is -0.345 e. The predicted octanol–water partition coefficient (Wildman–Crippen LogP) is 2.77. The van der Waals surface area contributed by atoms with Crippen molar-refractivity contribution in [2.45, 2.75) is 24.6 Å². The van der Waals surface area contributed by atoms with Crippen molar-refractivity contribution >= 4 is 28.8 Å². The summed E-state index contributed by atoms with van der Waals surface area (Å²) in [5.74, 6) is 0.820. The topological polar surface area (TPSA) is 20.3 Å². The molecule has 0 atom stereocenters. The van der Waals surface area contributed by atoms with Crippen LogP contribution in [0.1, 0.15) is 17.7 Å². The van der Waals surface area contributed by atoms with E-state index in [9.17, 15) is 4.79 Å². The van der Waals surface area contributed by atoms with Gasteiger partial charge in [-0.25, -0.2) is 0 Å². The molecule has 0 aromatic carbocycles. The Morgan fingerprint density at radius 3 is 2.94 bits per heavy atom. The zero-order valence-electron chi connectivity index (χ0n) is 9.36. The third-order valence-corrected chi connectivity index (χ3v) is 4.27. The number of halogens is 1. The molecule has 1 aliphatic carbocycles. The molecule has 0 bridgehead atoms. The van der Waals surface area contributed by atoms with Crippen LogP contribution in [-0.2, 0) is 11.2 Å². The van der Waals surface area contributed by atoms with Gasteiger partial charge in [-0.15, -0.1) is 22.9 Å². The van der Waals surface area contributed by atoms with Crippen molar-refractivity contribution in [1.82, 2.24) is 4.90 Å². The fraction of sp³-hybridized carbons (Fsp3) is 0.583. The van der Waals surface area contributed by atoms with E-state index in [1.807, 2.05) is 29.5 Å². The molecule has 88 valence electrons. The second kappa shape index (κ2) is 5.19. The van der Waals surface area contributed by atoms with E-state index in [0.717, 1.165) is 24.3 Å². The van der Waals surface area contributed by atoms with Crippen LogP contribution in [-0.4, -0.2) is 29.8 Å². The van der Waals surface area contributed by atoms with E-state index < -0.39 is 0 Å². The lowest BCUT2D eigenvalue weighted by Gasteiger charge is -2.34. The Balaban J connectivity index is 1.76. The van der Waals surface area contributed by atoms with E-state index in [0.29, 0.717) is 17.7 Å². The molecule has 1 saturated carbocycles. The van der Waals surface area contributed by atoms with E-state index in [1.54, 1.807) is 11.3 Å². The summed E-state index contributed by atoms with van der Waals surface area (Å²) in [4.78, 5) is 14.8. The van der Waals surface area contributed by atoms with E-state index >= 15 is 0 Å². The maximum atomic E-state index is 11.9. The summed E-state index contributed by atoms with van der Waals surface area (Å²) in [6.45, 7) is 0.855. The number of thiophene rings is 1. The molecule has 2 rings (SSSR count). The summed E-state index contributed by atoms with van der Waals surface area (Å²) in [5, 5.41) is 2.35. The largest absolute Gasteiger partial charge is 0.345 e. The lowest BCUT2D eigenvalue weighted by molar-refractivity contribution is -0.130. The molecule has 1 fully saturated rings. The molecule has 0 N–H and O–H groups in total. The number of likely N-dealkylation sites (N-methyl/N-ethyl adjacent to an activating group) is 1. The minimum atomic E-state index is 0.209. The predicted molar refractivity (Wildman–Crippen MR) is 68.0 cm³/mol. The van der Waals surface area contributed by atoms with Crippen molar-refractivity contribution < 1.29 is 4.79 Å². The van der Waals surface area contributed by atoms with E-state index in [-0.39, 0.29) is 5.91 Å². The standard InChI is InChI=1S/C12H16ClNOS/c1-14(8-9-5-10(13)6-9)12(15)7-11-3-2-4-16-11/h2-4,9-10H,5-8H2,1H3. The van der Waals surface area contributed by atoms with E-state index in [2.05, 4.69) is 0 Å². The van der Waals surface area contributed by atoms with Gasteiger partial charge in [0.1, 0.15) is 0 Å². The first-order valence-corrected chi connectivity index (χ1v) is 6.87. The van der Waals surface area contributed by atoms with E-state index in [4.69, 9.17) is 11.6 Å². The van der Waals surface area contributed by atoms with Crippen LogP contribution in [0.15, 0.2) is 17.5 Å². The lowest BCUT2D eigenvalue weighted by atomic mass is 9.84. The van der Waals surface area contributed by atoms with Crippen LogP contribution in [0.3, 0.4) is 0 Å². The Morgan fingerprint density at radius 1 is 1.62 bits per heavy atom. The van der Waals surface area contributed by atoms with Crippen molar-refractivity contribution in [2.24, 2.45) is 5.92 Å². The molecule has 0 radical (unpaired) electrons. The summed E-state index contributed by atoms with van der Waals surface area (Å²) in [6, 6.07) is 3.99. The second-order valence-electron chi connectivity index (χ2n) is 4.47. The number of rotatable bonds is 4. The molecule has 1 amide bonds. The van der Waals surface area contributed by atoms with Crippen LogP contribution in [0.2, 0.25) is 0 Å². The minimum absolute atomic E-state index is 0.209. The van der Waals surface area contributed by atoms with Gasteiger partial charge in [0, 0.05) is 23.8 Å². The van der Waals surface area contributed by atoms with Gasteiger partial charge in [0.25, 0.3) is 0 Å². The zero-order chi connectivity index (χ0) is 11.5. The zero-order valence-corrected chi connectivity index (χ0v) is 10.9. The summed E-state index contributed by atoms with van der Waals surface area (Å²) in [7, 11) is 1.89. The monoisotopic (exact) mass is 257 g/mol. The van der Waals surface area contributed by atoms with Gasteiger partial charge in [-0.3, -0.25) is 4.79 Å². The first-order chi connectivity index (χ1) is 7.65. The van der Waals surface area contributed by atoms with Gasteiger partial charge >= 0.3 is 0 Å². The Morgan fingerprint density at radius 2 is 2.38 bits per heavy atom. The highest BCUT2D eigenvalue weighted by Gasteiger charge is 2.29. The lowest BCUT2D eigenvalue weighted by Crippen LogP contribution is -2.38. The summed E-state index contributed by atoms with van der Waals surface area (Å²) < 4.78 is 0. The number of hydrogen-bond acceptors (Lipinski definition) is 2. The van der Waals surface area contributed by atoms with Crippen LogP contribution >= 0.6 is 22.9 Å². The molecular formula is C12H16ClNOS. The van der Waals surface area contributed by atoms with Gasteiger partial charge in [0.2, 0.25) is 5.91 Å².